The van der Waals surface area contributed by atoms with E-state index in [0.29, 0.717) is 6.42 Å². The Kier molecular flexibility index (Phi) is 5.12. The Morgan fingerprint density at radius 2 is 1.89 bits per heavy atom. The van der Waals surface area contributed by atoms with Crippen molar-refractivity contribution in [1.29, 1.82) is 0 Å². The third-order valence-electron chi connectivity index (χ3n) is 3.19. The van der Waals surface area contributed by atoms with Crippen molar-refractivity contribution in [1.82, 2.24) is 5.23 Å². The molecule has 0 bridgehead atoms. The smallest absolute Gasteiger partial charge is 0.335 e. The Morgan fingerprint density at radius 1 is 1.37 bits per heavy atom. The van der Waals surface area contributed by atoms with Crippen LogP contribution in [0.4, 0.5) is 0 Å². The highest BCUT2D eigenvalue weighted by Gasteiger charge is 2.20. The van der Waals surface area contributed by atoms with Crippen molar-refractivity contribution in [2.45, 2.75) is 26.3 Å². The molecule has 1 atom stereocenters. The van der Waals surface area contributed by atoms with Crippen molar-refractivity contribution in [2.24, 2.45) is 0 Å². The second kappa shape index (κ2) is 6.38. The van der Waals surface area contributed by atoms with Gasteiger partial charge < -0.3 is 15.1 Å². The van der Waals surface area contributed by atoms with E-state index in [0.717, 1.165) is 16.7 Å². The van der Waals surface area contributed by atoms with E-state index in [4.69, 9.17) is 9.84 Å². The van der Waals surface area contributed by atoms with Gasteiger partial charge in [0.15, 0.2) is 7.98 Å². The average molecular weight is 263 g/mol. The Hall–Kier alpha value is -1.82. The van der Waals surface area contributed by atoms with Crippen molar-refractivity contribution < 1.29 is 19.4 Å². The fourth-order valence-corrected chi connectivity index (χ4v) is 2.09. The zero-order valence-corrected chi connectivity index (χ0v) is 11.6. The molecule has 0 saturated carbocycles. The van der Waals surface area contributed by atoms with Crippen LogP contribution in [0.2, 0.25) is 0 Å². The molecule has 5 nitrogen and oxygen atoms in total. The van der Waals surface area contributed by atoms with Crippen LogP contribution in [0.15, 0.2) is 12.1 Å². The first kappa shape index (κ1) is 15.2. The van der Waals surface area contributed by atoms with Crippen molar-refractivity contribution in [3.05, 3.63) is 34.4 Å². The number of rotatable bonds is 5. The molecule has 1 aromatic carbocycles. The predicted octanol–water partition coefficient (Wildman–Crippen LogP) is 0.223. The van der Waals surface area contributed by atoms with Gasteiger partial charge in [-0.15, -0.1) is 0 Å². The summed E-state index contributed by atoms with van der Waals surface area (Å²) in [5.41, 5.74) is 2.95. The van der Waals surface area contributed by atoms with Crippen LogP contribution in [0, 0.1) is 13.8 Å². The quantitative estimate of drug-likeness (QED) is 0.587. The van der Waals surface area contributed by atoms with Gasteiger partial charge in [0.2, 0.25) is 0 Å². The van der Waals surface area contributed by atoms with Crippen LogP contribution >= 0.6 is 0 Å². The Labute approximate surface area is 113 Å². The number of carbonyl (C=O) groups excluding carboxylic acids is 1. The van der Waals surface area contributed by atoms with Crippen molar-refractivity contribution >= 4 is 19.9 Å². The molecule has 0 aromatic heterocycles. The molecule has 0 radical (unpaired) electrons. The fraction of sp³-hybridized carbons (Fsp3) is 0.385. The molecule has 0 heterocycles. The highest BCUT2D eigenvalue weighted by Crippen LogP contribution is 2.19. The van der Waals surface area contributed by atoms with E-state index < -0.39 is 12.0 Å². The van der Waals surface area contributed by atoms with E-state index in [2.05, 4.69) is 5.23 Å². The Bertz CT molecular complexity index is 478. The van der Waals surface area contributed by atoms with Crippen LogP contribution in [-0.4, -0.2) is 38.2 Å². The van der Waals surface area contributed by atoms with Gasteiger partial charge in [0, 0.05) is 0 Å². The molecule has 0 amide bonds. The summed E-state index contributed by atoms with van der Waals surface area (Å²) >= 11 is 0. The van der Waals surface area contributed by atoms with Gasteiger partial charge in [-0.25, -0.2) is 4.79 Å². The molecular formula is C13H18BNO4. The summed E-state index contributed by atoms with van der Waals surface area (Å²) in [5.74, 6) is -1.28. The molecule has 0 spiro atoms. The standard InChI is InChI=1S/C13H18BNO4/c1-7-4-9(12(16)17)5-8(2)10(7)6-11(15-14)13(18)19-3/h4-5,11,15H,6,14H2,1-3H3,(H,16,17)/t11-/m0/s1. The van der Waals surface area contributed by atoms with E-state index >= 15 is 0 Å². The number of carboxylic acid groups (broad SMARTS) is 1. The fourth-order valence-electron chi connectivity index (χ4n) is 2.09. The molecule has 0 aliphatic rings. The monoisotopic (exact) mass is 263 g/mol. The lowest BCUT2D eigenvalue weighted by Gasteiger charge is -2.17. The summed E-state index contributed by atoms with van der Waals surface area (Å²) in [6.07, 6.45) is 0.473. The second-order valence-corrected chi connectivity index (χ2v) is 4.46. The largest absolute Gasteiger partial charge is 0.478 e. The zero-order valence-electron chi connectivity index (χ0n) is 11.6. The van der Waals surface area contributed by atoms with E-state index in [1.165, 1.54) is 7.11 Å². The lowest BCUT2D eigenvalue weighted by Crippen LogP contribution is -2.38. The number of carboxylic acids is 1. The minimum Gasteiger partial charge on any atom is -0.478 e. The van der Waals surface area contributed by atoms with Gasteiger partial charge in [-0.1, -0.05) is 0 Å². The lowest BCUT2D eigenvalue weighted by molar-refractivity contribution is -0.142. The second-order valence-electron chi connectivity index (χ2n) is 4.46. The summed E-state index contributed by atoms with van der Waals surface area (Å²) in [5, 5.41) is 11.9. The van der Waals surface area contributed by atoms with Gasteiger partial charge in [0.1, 0.15) is 0 Å². The summed E-state index contributed by atoms with van der Waals surface area (Å²) in [7, 11) is 3.04. The van der Waals surface area contributed by atoms with Crippen LogP contribution in [0.25, 0.3) is 0 Å². The number of ether oxygens (including phenoxy) is 1. The molecule has 1 aromatic rings. The number of aryl methyl sites for hydroxylation is 2. The van der Waals surface area contributed by atoms with Gasteiger partial charge in [-0.3, -0.25) is 4.79 Å². The molecule has 0 saturated heterocycles. The predicted molar refractivity (Wildman–Crippen MR) is 74.1 cm³/mol. The maximum atomic E-state index is 11.6. The maximum Gasteiger partial charge on any atom is 0.335 e. The van der Waals surface area contributed by atoms with Gasteiger partial charge in [0.05, 0.1) is 18.7 Å². The van der Waals surface area contributed by atoms with Crippen LogP contribution in [-0.2, 0) is 16.0 Å². The van der Waals surface area contributed by atoms with Crippen molar-refractivity contribution in [2.75, 3.05) is 7.11 Å². The minimum absolute atomic E-state index is 0.262. The molecular weight excluding hydrogens is 245 g/mol. The number of nitrogens with one attached hydrogen (secondary N) is 1. The van der Waals surface area contributed by atoms with Gasteiger partial charge in [-0.05, 0) is 49.1 Å². The molecule has 0 unspecified atom stereocenters. The molecule has 6 heteroatoms. The van der Waals surface area contributed by atoms with E-state index in [1.807, 2.05) is 13.8 Å². The first-order chi connectivity index (χ1) is 8.90. The van der Waals surface area contributed by atoms with E-state index in [-0.39, 0.29) is 11.5 Å². The van der Waals surface area contributed by atoms with E-state index in [1.54, 1.807) is 20.1 Å². The third kappa shape index (κ3) is 3.57. The number of hydrogen-bond acceptors (Lipinski definition) is 4. The summed E-state index contributed by atoms with van der Waals surface area (Å²) < 4.78 is 4.72. The molecule has 1 rings (SSSR count). The highest BCUT2D eigenvalue weighted by molar-refractivity contribution is 6.06. The van der Waals surface area contributed by atoms with Crippen LogP contribution < -0.4 is 5.23 Å². The van der Waals surface area contributed by atoms with Gasteiger partial charge in [0.25, 0.3) is 0 Å². The Balaban J connectivity index is 3.08. The molecule has 19 heavy (non-hydrogen) atoms. The van der Waals surface area contributed by atoms with Gasteiger partial charge in [-0.2, -0.15) is 0 Å². The maximum absolute atomic E-state index is 11.6. The topological polar surface area (TPSA) is 75.6 Å². The molecule has 0 aliphatic carbocycles. The van der Waals surface area contributed by atoms with Crippen LogP contribution in [0.5, 0.6) is 0 Å². The highest BCUT2D eigenvalue weighted by atomic mass is 16.5. The average Bonchev–Trinajstić information content (AvgIpc) is 2.37. The number of carbonyl (C=O) groups is 2. The zero-order chi connectivity index (χ0) is 14.6. The first-order valence-electron chi connectivity index (χ1n) is 5.99. The molecule has 0 fully saturated rings. The number of methoxy groups -OCH3 is 1. The Morgan fingerprint density at radius 3 is 2.26 bits per heavy atom. The summed E-state index contributed by atoms with van der Waals surface area (Å²) in [6, 6.07) is 2.81. The lowest BCUT2D eigenvalue weighted by atomic mass is 9.93. The molecule has 2 N–H and O–H groups in total. The van der Waals surface area contributed by atoms with Crippen molar-refractivity contribution in [3.63, 3.8) is 0 Å². The number of benzene rings is 1. The summed E-state index contributed by atoms with van der Waals surface area (Å²) in [6.45, 7) is 3.69. The van der Waals surface area contributed by atoms with Gasteiger partial charge >= 0.3 is 11.9 Å². The minimum atomic E-state index is -0.948. The molecule has 102 valence electrons. The number of aromatic carboxylic acids is 1. The number of hydrogen-bond donors (Lipinski definition) is 2. The van der Waals surface area contributed by atoms with Crippen molar-refractivity contribution in [3.8, 4) is 0 Å². The van der Waals surface area contributed by atoms with Crippen LogP contribution in [0.3, 0.4) is 0 Å². The third-order valence-corrected chi connectivity index (χ3v) is 3.19. The van der Waals surface area contributed by atoms with E-state index in [9.17, 15) is 9.59 Å². The SMILES string of the molecule is BN[C@@H](Cc1c(C)cc(C(=O)O)cc1C)C(=O)OC. The summed E-state index contributed by atoms with van der Waals surface area (Å²) in [4.78, 5) is 22.5. The normalized spacial score (nSPS) is 11.9. The number of esters is 1. The first-order valence-corrected chi connectivity index (χ1v) is 5.99. The molecule has 0 aliphatic heterocycles. The van der Waals surface area contributed by atoms with Crippen LogP contribution in [0.1, 0.15) is 27.0 Å².